The van der Waals surface area contributed by atoms with E-state index in [1.165, 1.54) is 32.1 Å². The van der Waals surface area contributed by atoms with Crippen molar-refractivity contribution in [2.45, 2.75) is 58.9 Å². The van der Waals surface area contributed by atoms with Gasteiger partial charge in [-0.1, -0.05) is 26.7 Å². The van der Waals surface area contributed by atoms with E-state index in [1.54, 1.807) is 0 Å². The van der Waals surface area contributed by atoms with Crippen molar-refractivity contribution in [1.82, 2.24) is 5.32 Å². The van der Waals surface area contributed by atoms with Gasteiger partial charge in [0.25, 0.3) is 0 Å². The van der Waals surface area contributed by atoms with E-state index < -0.39 is 0 Å². The second kappa shape index (κ2) is 5.86. The molecule has 1 fully saturated rings. The van der Waals surface area contributed by atoms with E-state index in [4.69, 9.17) is 5.11 Å². The molecule has 0 aromatic carbocycles. The zero-order valence-corrected chi connectivity index (χ0v) is 10.6. The Hall–Kier alpha value is -0.0800. The van der Waals surface area contributed by atoms with Crippen LogP contribution in [-0.2, 0) is 0 Å². The van der Waals surface area contributed by atoms with Crippen LogP contribution < -0.4 is 5.32 Å². The molecule has 1 unspecified atom stereocenters. The minimum Gasteiger partial charge on any atom is -0.395 e. The molecule has 1 atom stereocenters. The topological polar surface area (TPSA) is 32.3 Å². The van der Waals surface area contributed by atoms with Gasteiger partial charge in [0.2, 0.25) is 0 Å². The fraction of sp³-hybridized carbons (Fsp3) is 1.00. The van der Waals surface area contributed by atoms with Gasteiger partial charge in [-0.15, -0.1) is 0 Å². The van der Waals surface area contributed by atoms with Crippen molar-refractivity contribution in [2.24, 2.45) is 11.3 Å². The monoisotopic (exact) mass is 213 g/mol. The molecule has 1 saturated carbocycles. The molecule has 0 radical (unpaired) electrons. The molecule has 1 rings (SSSR count). The lowest BCUT2D eigenvalue weighted by molar-refractivity contribution is 0.192. The van der Waals surface area contributed by atoms with Crippen LogP contribution in [0.25, 0.3) is 0 Å². The van der Waals surface area contributed by atoms with Crippen molar-refractivity contribution in [3.63, 3.8) is 0 Å². The molecule has 0 aliphatic heterocycles. The Balaban J connectivity index is 2.42. The summed E-state index contributed by atoms with van der Waals surface area (Å²) in [6.07, 6.45) is 6.86. The van der Waals surface area contributed by atoms with Crippen molar-refractivity contribution >= 4 is 0 Å². The highest BCUT2D eigenvalue weighted by atomic mass is 16.3. The van der Waals surface area contributed by atoms with Crippen molar-refractivity contribution in [1.29, 1.82) is 0 Å². The molecule has 0 amide bonds. The summed E-state index contributed by atoms with van der Waals surface area (Å²) in [4.78, 5) is 0. The molecule has 1 aliphatic rings. The van der Waals surface area contributed by atoms with E-state index in [0.717, 1.165) is 12.5 Å². The Morgan fingerprint density at radius 2 is 1.80 bits per heavy atom. The van der Waals surface area contributed by atoms with Crippen LogP contribution in [0.2, 0.25) is 0 Å². The molecule has 0 aromatic heterocycles. The maximum absolute atomic E-state index is 9.01. The summed E-state index contributed by atoms with van der Waals surface area (Å²) in [5, 5.41) is 12.5. The normalized spacial score (nSPS) is 22.2. The maximum atomic E-state index is 9.01. The summed E-state index contributed by atoms with van der Waals surface area (Å²) in [5.74, 6) is 0.786. The molecule has 0 heterocycles. The summed E-state index contributed by atoms with van der Waals surface area (Å²) in [7, 11) is 0. The molecular weight excluding hydrogens is 186 g/mol. The van der Waals surface area contributed by atoms with E-state index in [-0.39, 0.29) is 12.6 Å². The van der Waals surface area contributed by atoms with Gasteiger partial charge in [0, 0.05) is 12.6 Å². The average molecular weight is 213 g/mol. The average Bonchev–Trinajstić information content (AvgIpc) is 2.62. The number of aliphatic hydroxyl groups is 1. The first-order valence-corrected chi connectivity index (χ1v) is 6.42. The molecule has 0 spiro atoms. The van der Waals surface area contributed by atoms with Crippen molar-refractivity contribution in [2.75, 3.05) is 13.2 Å². The molecule has 2 N–H and O–H groups in total. The Morgan fingerprint density at radius 1 is 1.20 bits per heavy atom. The molecule has 0 aromatic rings. The molecule has 0 bridgehead atoms. The van der Waals surface area contributed by atoms with Crippen molar-refractivity contribution in [3.05, 3.63) is 0 Å². The van der Waals surface area contributed by atoms with Gasteiger partial charge < -0.3 is 10.4 Å². The highest BCUT2D eigenvalue weighted by Gasteiger charge is 2.34. The molecule has 2 heteroatoms. The Morgan fingerprint density at radius 3 is 2.27 bits per heavy atom. The molecule has 0 saturated heterocycles. The Bertz CT molecular complexity index is 173. The Kier molecular flexibility index (Phi) is 5.07. The van der Waals surface area contributed by atoms with Crippen molar-refractivity contribution < 1.29 is 5.11 Å². The fourth-order valence-corrected chi connectivity index (χ4v) is 2.90. The summed E-state index contributed by atoms with van der Waals surface area (Å²) in [6.45, 7) is 8.02. The van der Waals surface area contributed by atoms with E-state index in [2.05, 4.69) is 26.1 Å². The lowest BCUT2D eigenvalue weighted by Crippen LogP contribution is -2.39. The van der Waals surface area contributed by atoms with E-state index in [1.807, 2.05) is 0 Å². The number of rotatable bonds is 6. The molecule has 1 aliphatic carbocycles. The first-order valence-electron chi connectivity index (χ1n) is 6.42. The standard InChI is InChI=1S/C13H27NO/c1-11(2)8-13(6-4-5-7-13)10-14-12(3)9-15/h11-12,14-15H,4-10H2,1-3H3. The van der Waals surface area contributed by atoms with Crippen LogP contribution in [0, 0.1) is 11.3 Å². The zero-order chi connectivity index (χ0) is 11.3. The quantitative estimate of drug-likeness (QED) is 0.711. The number of hydrogen-bond acceptors (Lipinski definition) is 2. The third-order valence-electron chi connectivity index (χ3n) is 3.60. The van der Waals surface area contributed by atoms with Crippen molar-refractivity contribution in [3.8, 4) is 0 Å². The molecular formula is C13H27NO. The lowest BCUT2D eigenvalue weighted by atomic mass is 9.78. The smallest absolute Gasteiger partial charge is 0.0581 e. The minimum absolute atomic E-state index is 0.245. The SMILES string of the molecule is CC(C)CC1(CNC(C)CO)CCCC1. The third kappa shape index (κ3) is 4.12. The van der Waals surface area contributed by atoms with Gasteiger partial charge in [0.15, 0.2) is 0 Å². The highest BCUT2D eigenvalue weighted by Crippen LogP contribution is 2.42. The second-order valence-electron chi connectivity index (χ2n) is 5.77. The predicted molar refractivity (Wildman–Crippen MR) is 64.9 cm³/mol. The van der Waals surface area contributed by atoms with E-state index in [0.29, 0.717) is 5.41 Å². The number of nitrogens with one attached hydrogen (secondary N) is 1. The molecule has 15 heavy (non-hydrogen) atoms. The largest absolute Gasteiger partial charge is 0.395 e. The molecule has 90 valence electrons. The van der Waals surface area contributed by atoms with Crippen LogP contribution in [0.3, 0.4) is 0 Å². The van der Waals surface area contributed by atoms with E-state index in [9.17, 15) is 0 Å². The van der Waals surface area contributed by atoms with E-state index >= 15 is 0 Å². The van der Waals surface area contributed by atoms with Gasteiger partial charge in [-0.05, 0) is 37.5 Å². The molecule has 2 nitrogen and oxygen atoms in total. The summed E-state index contributed by atoms with van der Waals surface area (Å²) >= 11 is 0. The summed E-state index contributed by atoms with van der Waals surface area (Å²) in [6, 6.07) is 0.245. The summed E-state index contributed by atoms with van der Waals surface area (Å²) in [5.41, 5.74) is 0.525. The van der Waals surface area contributed by atoms with Crippen LogP contribution in [0.15, 0.2) is 0 Å². The lowest BCUT2D eigenvalue weighted by Gasteiger charge is -2.32. The first-order chi connectivity index (χ1) is 7.08. The second-order valence-corrected chi connectivity index (χ2v) is 5.77. The van der Waals surface area contributed by atoms with Crippen LogP contribution >= 0.6 is 0 Å². The van der Waals surface area contributed by atoms with Crippen LogP contribution in [0.1, 0.15) is 52.9 Å². The van der Waals surface area contributed by atoms with Crippen LogP contribution in [-0.4, -0.2) is 24.3 Å². The maximum Gasteiger partial charge on any atom is 0.0581 e. The van der Waals surface area contributed by atoms with Gasteiger partial charge >= 0.3 is 0 Å². The van der Waals surface area contributed by atoms with Gasteiger partial charge in [-0.2, -0.15) is 0 Å². The van der Waals surface area contributed by atoms with Gasteiger partial charge in [0.05, 0.1) is 6.61 Å². The zero-order valence-electron chi connectivity index (χ0n) is 10.6. The number of aliphatic hydroxyl groups excluding tert-OH is 1. The van der Waals surface area contributed by atoms with Gasteiger partial charge in [0.1, 0.15) is 0 Å². The first kappa shape index (κ1) is 13.0. The van der Waals surface area contributed by atoms with Gasteiger partial charge in [-0.25, -0.2) is 0 Å². The van der Waals surface area contributed by atoms with Gasteiger partial charge in [-0.3, -0.25) is 0 Å². The fourth-order valence-electron chi connectivity index (χ4n) is 2.90. The minimum atomic E-state index is 0.245. The van der Waals surface area contributed by atoms with Crippen LogP contribution in [0.5, 0.6) is 0 Å². The Labute approximate surface area is 94.5 Å². The highest BCUT2D eigenvalue weighted by molar-refractivity contribution is 4.88. The third-order valence-corrected chi connectivity index (χ3v) is 3.60. The summed E-state index contributed by atoms with van der Waals surface area (Å²) < 4.78 is 0. The van der Waals surface area contributed by atoms with Crippen LogP contribution in [0.4, 0.5) is 0 Å². The number of hydrogen-bond donors (Lipinski definition) is 2. The predicted octanol–water partition coefficient (Wildman–Crippen LogP) is 2.56.